The number of piperidine rings is 1. The van der Waals surface area contributed by atoms with Gasteiger partial charge in [0.25, 0.3) is 5.69 Å². The number of aromatic carboxylic acids is 1. The Morgan fingerprint density at radius 3 is 2.58 bits per heavy atom. The van der Waals surface area contributed by atoms with Crippen LogP contribution in [-0.4, -0.2) is 45.1 Å². The Kier molecular flexibility index (Phi) is 4.16. The molecular formula is C12H17N3O4. The van der Waals surface area contributed by atoms with Gasteiger partial charge in [0.05, 0.1) is 11.1 Å². The molecule has 1 saturated heterocycles. The lowest BCUT2D eigenvalue weighted by atomic mass is 10.1. The molecule has 0 amide bonds. The van der Waals surface area contributed by atoms with Crippen molar-refractivity contribution in [3.05, 3.63) is 28.1 Å². The van der Waals surface area contributed by atoms with Crippen LogP contribution >= 0.6 is 0 Å². The van der Waals surface area contributed by atoms with E-state index in [1.165, 1.54) is 17.2 Å². The highest BCUT2D eigenvalue weighted by Gasteiger charge is 2.19. The molecule has 7 heteroatoms. The summed E-state index contributed by atoms with van der Waals surface area (Å²) in [5.74, 6) is -1.13. The first-order valence-electron chi connectivity index (χ1n) is 6.38. The second kappa shape index (κ2) is 5.83. The highest BCUT2D eigenvalue weighted by atomic mass is 16.6. The topological polar surface area (TPSA) is 88.6 Å². The summed E-state index contributed by atoms with van der Waals surface area (Å²) < 4.78 is 1.45. The van der Waals surface area contributed by atoms with Crippen LogP contribution in [0.2, 0.25) is 0 Å². The molecule has 1 aliphatic rings. The molecule has 0 saturated carbocycles. The van der Waals surface area contributed by atoms with Crippen molar-refractivity contribution < 1.29 is 14.8 Å². The predicted octanol–water partition coefficient (Wildman–Crippen LogP) is 1.58. The van der Waals surface area contributed by atoms with Gasteiger partial charge in [0.15, 0.2) is 0 Å². The molecule has 1 aromatic heterocycles. The largest absolute Gasteiger partial charge is 0.477 e. The van der Waals surface area contributed by atoms with Crippen molar-refractivity contribution in [1.82, 2.24) is 9.47 Å². The summed E-state index contributed by atoms with van der Waals surface area (Å²) in [6, 6.07) is 1.11. The molecule has 0 aromatic carbocycles. The van der Waals surface area contributed by atoms with E-state index in [-0.39, 0.29) is 11.4 Å². The number of hydrogen-bond donors (Lipinski definition) is 1. The molecule has 2 heterocycles. The van der Waals surface area contributed by atoms with E-state index in [0.717, 1.165) is 38.5 Å². The Bertz CT molecular complexity index is 477. The summed E-state index contributed by atoms with van der Waals surface area (Å²) in [5.41, 5.74) is -0.195. The average molecular weight is 267 g/mol. The number of likely N-dealkylation sites (tertiary alicyclic amines) is 1. The van der Waals surface area contributed by atoms with Crippen LogP contribution in [-0.2, 0) is 6.54 Å². The van der Waals surface area contributed by atoms with E-state index in [2.05, 4.69) is 4.90 Å². The zero-order valence-electron chi connectivity index (χ0n) is 10.6. The highest BCUT2D eigenvalue weighted by molar-refractivity contribution is 5.86. The third-order valence-corrected chi connectivity index (χ3v) is 3.42. The molecule has 19 heavy (non-hydrogen) atoms. The van der Waals surface area contributed by atoms with Gasteiger partial charge in [0.2, 0.25) is 0 Å². The number of aromatic nitrogens is 1. The molecule has 1 aliphatic heterocycles. The molecule has 104 valence electrons. The van der Waals surface area contributed by atoms with E-state index >= 15 is 0 Å². The molecule has 0 unspecified atom stereocenters. The summed E-state index contributed by atoms with van der Waals surface area (Å²) in [6.45, 7) is 3.24. The van der Waals surface area contributed by atoms with E-state index < -0.39 is 10.9 Å². The van der Waals surface area contributed by atoms with Crippen LogP contribution in [0, 0.1) is 10.1 Å². The van der Waals surface area contributed by atoms with Gasteiger partial charge < -0.3 is 14.6 Å². The van der Waals surface area contributed by atoms with Crippen LogP contribution in [0.3, 0.4) is 0 Å². The smallest absolute Gasteiger partial charge is 0.352 e. The van der Waals surface area contributed by atoms with Gasteiger partial charge in [-0.05, 0) is 25.9 Å². The molecule has 0 radical (unpaired) electrons. The summed E-state index contributed by atoms with van der Waals surface area (Å²) >= 11 is 0. The van der Waals surface area contributed by atoms with Crippen molar-refractivity contribution >= 4 is 11.7 Å². The monoisotopic (exact) mass is 267 g/mol. The van der Waals surface area contributed by atoms with Gasteiger partial charge in [0.1, 0.15) is 5.69 Å². The third kappa shape index (κ3) is 3.31. The molecule has 0 bridgehead atoms. The lowest BCUT2D eigenvalue weighted by molar-refractivity contribution is -0.384. The van der Waals surface area contributed by atoms with Crippen molar-refractivity contribution in [1.29, 1.82) is 0 Å². The average Bonchev–Trinajstić information content (AvgIpc) is 2.82. The number of carboxylic acid groups (broad SMARTS) is 1. The van der Waals surface area contributed by atoms with Crippen molar-refractivity contribution in [2.75, 3.05) is 19.6 Å². The van der Waals surface area contributed by atoms with E-state index in [1.54, 1.807) is 0 Å². The first kappa shape index (κ1) is 13.5. The van der Waals surface area contributed by atoms with Crippen molar-refractivity contribution in [3.8, 4) is 0 Å². The highest BCUT2D eigenvalue weighted by Crippen LogP contribution is 2.17. The van der Waals surface area contributed by atoms with E-state index in [1.807, 2.05) is 0 Å². The SMILES string of the molecule is O=C(O)c1cc([N+](=O)[O-])cn1CCN1CCCCC1. The molecule has 0 aliphatic carbocycles. The fourth-order valence-corrected chi connectivity index (χ4v) is 2.39. The minimum absolute atomic E-state index is 0.0243. The molecule has 1 fully saturated rings. The molecule has 2 rings (SSSR count). The minimum atomic E-state index is -1.13. The maximum atomic E-state index is 11.1. The van der Waals surface area contributed by atoms with Crippen molar-refractivity contribution in [3.63, 3.8) is 0 Å². The quantitative estimate of drug-likeness (QED) is 0.646. The number of nitrogens with zero attached hydrogens (tertiary/aromatic N) is 3. The first-order valence-corrected chi connectivity index (χ1v) is 6.38. The lowest BCUT2D eigenvalue weighted by Gasteiger charge is -2.26. The Labute approximate surface area is 110 Å². The number of hydrogen-bond acceptors (Lipinski definition) is 4. The summed E-state index contributed by atoms with van der Waals surface area (Å²) in [7, 11) is 0. The van der Waals surface area contributed by atoms with E-state index in [9.17, 15) is 14.9 Å². The molecule has 1 N–H and O–H groups in total. The van der Waals surface area contributed by atoms with Gasteiger partial charge in [-0.1, -0.05) is 6.42 Å². The zero-order valence-corrected chi connectivity index (χ0v) is 10.6. The standard InChI is InChI=1S/C12H17N3O4/c16-12(17)11-8-10(15(18)19)9-14(11)7-6-13-4-2-1-3-5-13/h8-9H,1-7H2,(H,16,17). The van der Waals surface area contributed by atoms with Crippen molar-refractivity contribution in [2.24, 2.45) is 0 Å². The van der Waals surface area contributed by atoms with Gasteiger partial charge in [-0.15, -0.1) is 0 Å². The number of carboxylic acids is 1. The maximum Gasteiger partial charge on any atom is 0.352 e. The molecule has 1 aromatic rings. The molecule has 0 atom stereocenters. The zero-order chi connectivity index (χ0) is 13.8. The van der Waals surface area contributed by atoms with Gasteiger partial charge >= 0.3 is 5.97 Å². The number of carbonyl (C=O) groups is 1. The third-order valence-electron chi connectivity index (χ3n) is 3.42. The normalized spacial score (nSPS) is 16.4. The van der Waals surface area contributed by atoms with Gasteiger partial charge in [0, 0.05) is 19.2 Å². The second-order valence-corrected chi connectivity index (χ2v) is 4.74. The van der Waals surface area contributed by atoms with Crippen LogP contribution in [0.1, 0.15) is 29.8 Å². The minimum Gasteiger partial charge on any atom is -0.477 e. The van der Waals surface area contributed by atoms with Crippen LogP contribution < -0.4 is 0 Å². The molecular weight excluding hydrogens is 250 g/mol. The van der Waals surface area contributed by atoms with Crippen LogP contribution in [0.25, 0.3) is 0 Å². The maximum absolute atomic E-state index is 11.1. The number of nitro groups is 1. The summed E-state index contributed by atoms with van der Waals surface area (Å²) in [5, 5.41) is 19.7. The molecule has 0 spiro atoms. The Morgan fingerprint density at radius 2 is 2.00 bits per heavy atom. The fourth-order valence-electron chi connectivity index (χ4n) is 2.39. The Hall–Kier alpha value is -1.89. The second-order valence-electron chi connectivity index (χ2n) is 4.74. The van der Waals surface area contributed by atoms with Gasteiger partial charge in [-0.3, -0.25) is 10.1 Å². The Morgan fingerprint density at radius 1 is 1.32 bits per heavy atom. The van der Waals surface area contributed by atoms with E-state index in [0.29, 0.717) is 6.54 Å². The van der Waals surface area contributed by atoms with E-state index in [4.69, 9.17) is 5.11 Å². The van der Waals surface area contributed by atoms with Gasteiger partial charge in [-0.25, -0.2) is 4.79 Å². The van der Waals surface area contributed by atoms with Crippen LogP contribution in [0.5, 0.6) is 0 Å². The summed E-state index contributed by atoms with van der Waals surface area (Å²) in [6.07, 6.45) is 4.87. The fraction of sp³-hybridized carbons (Fsp3) is 0.583. The first-order chi connectivity index (χ1) is 9.08. The lowest BCUT2D eigenvalue weighted by Crippen LogP contribution is -2.32. The Balaban J connectivity index is 2.05. The number of rotatable bonds is 5. The summed E-state index contributed by atoms with van der Waals surface area (Å²) in [4.78, 5) is 23.4. The van der Waals surface area contributed by atoms with Gasteiger partial charge in [-0.2, -0.15) is 0 Å². The molecule has 7 nitrogen and oxygen atoms in total. The predicted molar refractivity (Wildman–Crippen MR) is 68.3 cm³/mol. The van der Waals surface area contributed by atoms with Crippen LogP contribution in [0.4, 0.5) is 5.69 Å². The van der Waals surface area contributed by atoms with Crippen LogP contribution in [0.15, 0.2) is 12.3 Å². The van der Waals surface area contributed by atoms with Crippen molar-refractivity contribution in [2.45, 2.75) is 25.8 Å².